The summed E-state index contributed by atoms with van der Waals surface area (Å²) in [5.41, 5.74) is 6.38. The van der Waals surface area contributed by atoms with Crippen molar-refractivity contribution < 1.29 is 4.74 Å². The van der Waals surface area contributed by atoms with E-state index in [1.807, 2.05) is 0 Å². The molecule has 0 bridgehead atoms. The van der Waals surface area contributed by atoms with E-state index >= 15 is 0 Å². The highest BCUT2D eigenvalue weighted by Crippen LogP contribution is 2.32. The zero-order valence-corrected chi connectivity index (χ0v) is 11.1. The molecule has 1 fully saturated rings. The van der Waals surface area contributed by atoms with E-state index in [9.17, 15) is 0 Å². The van der Waals surface area contributed by atoms with Crippen LogP contribution in [0.2, 0.25) is 5.15 Å². The minimum atomic E-state index is 0.217. The Morgan fingerprint density at radius 3 is 2.76 bits per heavy atom. The van der Waals surface area contributed by atoms with Gasteiger partial charge in [0.05, 0.1) is 5.69 Å². The van der Waals surface area contributed by atoms with Crippen molar-refractivity contribution >= 4 is 17.3 Å². The summed E-state index contributed by atoms with van der Waals surface area (Å²) in [5, 5.41) is 0.423. The molecule has 2 rings (SSSR count). The Morgan fingerprint density at radius 1 is 1.29 bits per heavy atom. The predicted molar refractivity (Wildman–Crippen MR) is 70.3 cm³/mol. The van der Waals surface area contributed by atoms with Gasteiger partial charge in [0.2, 0.25) is 5.88 Å². The van der Waals surface area contributed by atoms with Crippen molar-refractivity contribution in [1.82, 2.24) is 4.98 Å². The molecular weight excluding hydrogens is 236 g/mol. The Hall–Kier alpha value is -0.960. The van der Waals surface area contributed by atoms with Crippen molar-refractivity contribution in [2.45, 2.75) is 39.2 Å². The standard InChI is InChI=1S/C13H19ClN2O/c1-8-3-4-10(7-9(8)2)17-13-11(15)5-6-12(14)16-13/h5-6,8-10H,3-4,7,15H2,1-2H3. The number of anilines is 1. The normalized spacial score (nSPS) is 29.0. The number of pyridine rings is 1. The third kappa shape index (κ3) is 3.03. The Morgan fingerprint density at radius 2 is 2.06 bits per heavy atom. The summed E-state index contributed by atoms with van der Waals surface area (Å²) in [5.74, 6) is 1.94. The highest BCUT2D eigenvalue weighted by atomic mass is 35.5. The molecule has 3 unspecified atom stereocenters. The number of nitrogens with two attached hydrogens (primary N) is 1. The molecule has 1 aliphatic carbocycles. The van der Waals surface area contributed by atoms with Crippen LogP contribution in [0.15, 0.2) is 12.1 Å². The van der Waals surface area contributed by atoms with Gasteiger partial charge in [-0.1, -0.05) is 25.4 Å². The third-order valence-corrected chi connectivity index (χ3v) is 3.89. The quantitative estimate of drug-likeness (QED) is 0.822. The maximum atomic E-state index is 5.87. The first-order valence-corrected chi connectivity index (χ1v) is 6.52. The summed E-state index contributed by atoms with van der Waals surface area (Å²) >= 11 is 5.84. The Bertz CT molecular complexity index is 397. The fourth-order valence-electron chi connectivity index (χ4n) is 2.29. The Balaban J connectivity index is 2.03. The summed E-state index contributed by atoms with van der Waals surface area (Å²) in [7, 11) is 0. The molecule has 1 aromatic heterocycles. The lowest BCUT2D eigenvalue weighted by Gasteiger charge is -2.32. The van der Waals surface area contributed by atoms with Crippen molar-refractivity contribution in [3.8, 4) is 5.88 Å². The molecule has 17 heavy (non-hydrogen) atoms. The van der Waals surface area contributed by atoms with Crippen LogP contribution >= 0.6 is 11.6 Å². The summed E-state index contributed by atoms with van der Waals surface area (Å²) in [6.45, 7) is 4.57. The van der Waals surface area contributed by atoms with Gasteiger partial charge in [-0.25, -0.2) is 0 Å². The molecule has 3 nitrogen and oxygen atoms in total. The number of aromatic nitrogens is 1. The van der Waals surface area contributed by atoms with E-state index in [0.29, 0.717) is 22.6 Å². The number of rotatable bonds is 2. The van der Waals surface area contributed by atoms with Crippen LogP contribution in [0.25, 0.3) is 0 Å². The second-order valence-electron chi connectivity index (χ2n) is 5.04. The SMILES string of the molecule is CC1CCC(Oc2nc(Cl)ccc2N)CC1C. The van der Waals surface area contributed by atoms with Crippen molar-refractivity contribution in [2.24, 2.45) is 11.8 Å². The second-order valence-corrected chi connectivity index (χ2v) is 5.42. The first kappa shape index (κ1) is 12.5. The van der Waals surface area contributed by atoms with Crippen LogP contribution in [-0.2, 0) is 0 Å². The maximum absolute atomic E-state index is 5.87. The molecule has 1 heterocycles. The first-order valence-electron chi connectivity index (χ1n) is 6.15. The Kier molecular flexibility index (Phi) is 3.77. The van der Waals surface area contributed by atoms with Crippen LogP contribution < -0.4 is 10.5 Å². The predicted octanol–water partition coefficient (Wildman–Crippen LogP) is 3.52. The summed E-state index contributed by atoms with van der Waals surface area (Å²) in [6, 6.07) is 3.41. The number of nitrogen functional groups attached to an aromatic ring is 1. The molecule has 0 saturated heterocycles. The summed E-state index contributed by atoms with van der Waals surface area (Å²) in [6.07, 6.45) is 3.55. The molecule has 3 atom stereocenters. The lowest BCUT2D eigenvalue weighted by Crippen LogP contribution is -2.29. The van der Waals surface area contributed by atoms with Crippen LogP contribution in [0.4, 0.5) is 5.69 Å². The van der Waals surface area contributed by atoms with E-state index < -0.39 is 0 Å². The average molecular weight is 255 g/mol. The zero-order chi connectivity index (χ0) is 12.4. The van der Waals surface area contributed by atoms with Crippen LogP contribution in [0, 0.1) is 11.8 Å². The van der Waals surface area contributed by atoms with Gasteiger partial charge in [-0.3, -0.25) is 0 Å². The summed E-state index contributed by atoms with van der Waals surface area (Å²) in [4.78, 5) is 4.13. The van der Waals surface area contributed by atoms with Crippen LogP contribution in [0.1, 0.15) is 33.1 Å². The van der Waals surface area contributed by atoms with Crippen LogP contribution in [0.3, 0.4) is 0 Å². The lowest BCUT2D eigenvalue weighted by molar-refractivity contribution is 0.0972. The highest BCUT2D eigenvalue weighted by Gasteiger charge is 2.26. The fourth-order valence-corrected chi connectivity index (χ4v) is 2.43. The topological polar surface area (TPSA) is 48.1 Å². The lowest BCUT2D eigenvalue weighted by atomic mass is 9.80. The van der Waals surface area contributed by atoms with Gasteiger partial charge in [-0.15, -0.1) is 0 Å². The summed E-state index contributed by atoms with van der Waals surface area (Å²) < 4.78 is 5.87. The van der Waals surface area contributed by atoms with Crippen molar-refractivity contribution in [2.75, 3.05) is 5.73 Å². The molecular formula is C13H19ClN2O. The zero-order valence-electron chi connectivity index (χ0n) is 10.3. The van der Waals surface area contributed by atoms with Gasteiger partial charge < -0.3 is 10.5 Å². The number of hydrogen-bond donors (Lipinski definition) is 1. The number of ether oxygens (including phenoxy) is 1. The molecule has 4 heteroatoms. The molecule has 0 aliphatic heterocycles. The highest BCUT2D eigenvalue weighted by molar-refractivity contribution is 6.29. The number of hydrogen-bond acceptors (Lipinski definition) is 3. The van der Waals surface area contributed by atoms with Gasteiger partial charge >= 0.3 is 0 Å². The van der Waals surface area contributed by atoms with Crippen molar-refractivity contribution in [3.05, 3.63) is 17.3 Å². The van der Waals surface area contributed by atoms with Gasteiger partial charge in [0.15, 0.2) is 0 Å². The maximum Gasteiger partial charge on any atom is 0.238 e. The van der Waals surface area contributed by atoms with Crippen molar-refractivity contribution in [1.29, 1.82) is 0 Å². The third-order valence-electron chi connectivity index (χ3n) is 3.68. The van der Waals surface area contributed by atoms with Gasteiger partial charge in [-0.05, 0) is 43.2 Å². The monoisotopic (exact) mass is 254 g/mol. The van der Waals surface area contributed by atoms with Crippen LogP contribution in [-0.4, -0.2) is 11.1 Å². The van der Waals surface area contributed by atoms with Crippen molar-refractivity contribution in [3.63, 3.8) is 0 Å². The molecule has 0 amide bonds. The second kappa shape index (κ2) is 5.13. The molecule has 1 aromatic rings. The van der Waals surface area contributed by atoms with Gasteiger partial charge in [-0.2, -0.15) is 4.98 Å². The molecule has 1 saturated carbocycles. The fraction of sp³-hybridized carbons (Fsp3) is 0.615. The average Bonchev–Trinajstić information content (AvgIpc) is 2.29. The van der Waals surface area contributed by atoms with E-state index in [1.54, 1.807) is 12.1 Å². The van der Waals surface area contributed by atoms with E-state index in [1.165, 1.54) is 6.42 Å². The van der Waals surface area contributed by atoms with E-state index in [-0.39, 0.29) is 6.10 Å². The molecule has 0 radical (unpaired) electrons. The molecule has 1 aliphatic rings. The van der Waals surface area contributed by atoms with Crippen LogP contribution in [0.5, 0.6) is 5.88 Å². The van der Waals surface area contributed by atoms with E-state index in [0.717, 1.165) is 18.8 Å². The van der Waals surface area contributed by atoms with E-state index in [4.69, 9.17) is 22.1 Å². The smallest absolute Gasteiger partial charge is 0.238 e. The number of halogens is 1. The van der Waals surface area contributed by atoms with E-state index in [2.05, 4.69) is 18.8 Å². The van der Waals surface area contributed by atoms with Gasteiger partial charge in [0, 0.05) is 0 Å². The molecule has 0 spiro atoms. The molecule has 0 aromatic carbocycles. The number of nitrogens with zero attached hydrogens (tertiary/aromatic N) is 1. The first-order chi connectivity index (χ1) is 8.06. The van der Waals surface area contributed by atoms with Gasteiger partial charge in [0.1, 0.15) is 11.3 Å². The minimum absolute atomic E-state index is 0.217. The minimum Gasteiger partial charge on any atom is -0.473 e. The van der Waals surface area contributed by atoms with Gasteiger partial charge in [0.25, 0.3) is 0 Å². The molecule has 2 N–H and O–H groups in total. The Labute approximate surface area is 107 Å². The largest absolute Gasteiger partial charge is 0.473 e. The molecule has 94 valence electrons.